The Morgan fingerprint density at radius 2 is 2.08 bits per heavy atom. The van der Waals surface area contributed by atoms with Gasteiger partial charge in [-0.15, -0.1) is 0 Å². The first-order chi connectivity index (χ1) is 5.52. The predicted molar refractivity (Wildman–Crippen MR) is 51.2 cm³/mol. The Kier molecular flexibility index (Phi) is 3.13. The highest BCUT2D eigenvalue weighted by Crippen LogP contribution is 2.26. The number of aliphatic hydroxyl groups excluding tert-OH is 1. The summed E-state index contributed by atoms with van der Waals surface area (Å²) in [6.45, 7) is 8.39. The molecule has 1 heterocycles. The molecule has 0 saturated carbocycles. The van der Waals surface area contributed by atoms with Crippen molar-refractivity contribution in [3.8, 4) is 0 Å². The predicted octanol–water partition coefficient (Wildman–Crippen LogP) is 1.63. The van der Waals surface area contributed by atoms with E-state index < -0.39 is 0 Å². The lowest BCUT2D eigenvalue weighted by Crippen LogP contribution is -2.49. The average Bonchev–Trinajstić information content (AvgIpc) is 1.92. The molecule has 0 aliphatic carbocycles. The summed E-state index contributed by atoms with van der Waals surface area (Å²) in [5, 5.41) is 9.30. The smallest absolute Gasteiger partial charge is 0.0639 e. The Balaban J connectivity index is 2.48. The van der Waals surface area contributed by atoms with Crippen molar-refractivity contribution in [1.82, 2.24) is 4.90 Å². The fourth-order valence-corrected chi connectivity index (χ4v) is 1.98. The van der Waals surface area contributed by atoms with Gasteiger partial charge in [-0.1, -0.05) is 6.42 Å². The van der Waals surface area contributed by atoms with Crippen LogP contribution in [0.25, 0.3) is 0 Å². The average molecular weight is 171 g/mol. The molecule has 0 aromatic rings. The van der Waals surface area contributed by atoms with Crippen LogP contribution in [0.2, 0.25) is 0 Å². The van der Waals surface area contributed by atoms with Gasteiger partial charge in [-0.3, -0.25) is 4.90 Å². The standard InChI is InChI=1S/C10H21NO/c1-9(12)8-11-7-5-4-6-10(11,2)3/h9,12H,4-8H2,1-3H3. The summed E-state index contributed by atoms with van der Waals surface area (Å²) < 4.78 is 0. The summed E-state index contributed by atoms with van der Waals surface area (Å²) in [5.41, 5.74) is 0.301. The van der Waals surface area contributed by atoms with Gasteiger partial charge in [-0.2, -0.15) is 0 Å². The number of β-amino-alcohol motifs (C(OH)–C–C–N with tert-alkyl or cyclic N) is 1. The van der Waals surface area contributed by atoms with Gasteiger partial charge in [0.25, 0.3) is 0 Å². The van der Waals surface area contributed by atoms with Crippen molar-refractivity contribution >= 4 is 0 Å². The molecule has 0 bridgehead atoms. The van der Waals surface area contributed by atoms with Gasteiger partial charge in [0.15, 0.2) is 0 Å². The van der Waals surface area contributed by atoms with E-state index in [2.05, 4.69) is 18.7 Å². The highest BCUT2D eigenvalue weighted by molar-refractivity contribution is 4.85. The van der Waals surface area contributed by atoms with Gasteiger partial charge in [-0.25, -0.2) is 0 Å². The molecule has 1 rings (SSSR count). The van der Waals surface area contributed by atoms with E-state index >= 15 is 0 Å². The molecular formula is C10H21NO. The zero-order chi connectivity index (χ0) is 9.19. The fourth-order valence-electron chi connectivity index (χ4n) is 1.98. The normalized spacial score (nSPS) is 27.0. The largest absolute Gasteiger partial charge is 0.392 e. The number of hydrogen-bond acceptors (Lipinski definition) is 2. The monoisotopic (exact) mass is 171 g/mol. The van der Waals surface area contributed by atoms with Crippen LogP contribution in [-0.4, -0.2) is 34.7 Å². The minimum absolute atomic E-state index is 0.192. The molecular weight excluding hydrogens is 150 g/mol. The second kappa shape index (κ2) is 3.75. The van der Waals surface area contributed by atoms with E-state index in [0.29, 0.717) is 5.54 Å². The van der Waals surface area contributed by atoms with Crippen molar-refractivity contribution in [2.75, 3.05) is 13.1 Å². The molecule has 72 valence electrons. The molecule has 1 aliphatic rings. The first-order valence-corrected chi connectivity index (χ1v) is 4.95. The summed E-state index contributed by atoms with van der Waals surface area (Å²) in [6.07, 6.45) is 3.70. The van der Waals surface area contributed by atoms with Crippen molar-refractivity contribution in [2.45, 2.75) is 51.7 Å². The molecule has 2 nitrogen and oxygen atoms in total. The van der Waals surface area contributed by atoms with Gasteiger partial charge in [0.05, 0.1) is 6.10 Å². The Labute approximate surface area is 75.6 Å². The SMILES string of the molecule is CC(O)CN1CCCCC1(C)C. The lowest BCUT2D eigenvalue weighted by atomic mass is 9.90. The van der Waals surface area contributed by atoms with E-state index in [1.54, 1.807) is 0 Å². The molecule has 0 aromatic carbocycles. The Morgan fingerprint density at radius 3 is 2.58 bits per heavy atom. The topological polar surface area (TPSA) is 23.5 Å². The Bertz CT molecular complexity index is 143. The molecule has 0 spiro atoms. The second-order valence-corrected chi connectivity index (χ2v) is 4.56. The maximum absolute atomic E-state index is 9.30. The molecule has 1 aliphatic heterocycles. The Morgan fingerprint density at radius 1 is 1.42 bits per heavy atom. The molecule has 1 N–H and O–H groups in total. The van der Waals surface area contributed by atoms with E-state index in [0.717, 1.165) is 13.1 Å². The number of aliphatic hydroxyl groups is 1. The zero-order valence-corrected chi connectivity index (χ0v) is 8.51. The summed E-state index contributed by atoms with van der Waals surface area (Å²) in [4.78, 5) is 2.40. The minimum atomic E-state index is -0.192. The van der Waals surface area contributed by atoms with Crippen LogP contribution in [0.15, 0.2) is 0 Å². The van der Waals surface area contributed by atoms with Crippen molar-refractivity contribution in [3.63, 3.8) is 0 Å². The summed E-state index contributed by atoms with van der Waals surface area (Å²) in [5.74, 6) is 0. The number of hydrogen-bond donors (Lipinski definition) is 1. The third-order valence-electron chi connectivity index (χ3n) is 2.81. The molecule has 12 heavy (non-hydrogen) atoms. The lowest BCUT2D eigenvalue weighted by molar-refractivity contribution is 0.0320. The zero-order valence-electron chi connectivity index (χ0n) is 8.51. The van der Waals surface area contributed by atoms with Gasteiger partial charge >= 0.3 is 0 Å². The van der Waals surface area contributed by atoms with Crippen molar-refractivity contribution in [1.29, 1.82) is 0 Å². The first-order valence-electron chi connectivity index (χ1n) is 4.95. The first kappa shape index (κ1) is 10.0. The molecule has 1 atom stereocenters. The van der Waals surface area contributed by atoms with Crippen LogP contribution in [-0.2, 0) is 0 Å². The van der Waals surface area contributed by atoms with Crippen LogP contribution in [0.3, 0.4) is 0 Å². The van der Waals surface area contributed by atoms with Crippen molar-refractivity contribution in [3.05, 3.63) is 0 Å². The molecule has 2 heteroatoms. The fraction of sp³-hybridized carbons (Fsp3) is 1.00. The van der Waals surface area contributed by atoms with E-state index in [4.69, 9.17) is 0 Å². The number of nitrogens with zero attached hydrogens (tertiary/aromatic N) is 1. The van der Waals surface area contributed by atoms with Gasteiger partial charge < -0.3 is 5.11 Å². The van der Waals surface area contributed by atoms with Crippen LogP contribution < -0.4 is 0 Å². The summed E-state index contributed by atoms with van der Waals surface area (Å²) in [7, 11) is 0. The van der Waals surface area contributed by atoms with Gasteiger partial charge in [0, 0.05) is 12.1 Å². The van der Waals surface area contributed by atoms with E-state index in [9.17, 15) is 5.11 Å². The minimum Gasteiger partial charge on any atom is -0.392 e. The molecule has 0 radical (unpaired) electrons. The van der Waals surface area contributed by atoms with Crippen molar-refractivity contribution in [2.24, 2.45) is 0 Å². The second-order valence-electron chi connectivity index (χ2n) is 4.56. The number of rotatable bonds is 2. The molecule has 0 amide bonds. The van der Waals surface area contributed by atoms with Crippen molar-refractivity contribution < 1.29 is 5.11 Å². The summed E-state index contributed by atoms with van der Waals surface area (Å²) in [6, 6.07) is 0. The maximum atomic E-state index is 9.30. The molecule has 1 fully saturated rings. The van der Waals surface area contributed by atoms with Crippen LogP contribution in [0, 0.1) is 0 Å². The highest BCUT2D eigenvalue weighted by Gasteiger charge is 2.29. The highest BCUT2D eigenvalue weighted by atomic mass is 16.3. The van der Waals surface area contributed by atoms with Crippen LogP contribution in [0.4, 0.5) is 0 Å². The van der Waals surface area contributed by atoms with E-state index in [1.165, 1.54) is 19.3 Å². The van der Waals surface area contributed by atoms with Gasteiger partial charge in [0.1, 0.15) is 0 Å². The maximum Gasteiger partial charge on any atom is 0.0639 e. The quantitative estimate of drug-likeness (QED) is 0.682. The Hall–Kier alpha value is -0.0800. The van der Waals surface area contributed by atoms with E-state index in [1.807, 2.05) is 6.92 Å². The molecule has 0 aromatic heterocycles. The molecule has 1 unspecified atom stereocenters. The third-order valence-corrected chi connectivity index (χ3v) is 2.81. The lowest BCUT2D eigenvalue weighted by Gasteiger charge is -2.43. The third kappa shape index (κ3) is 2.46. The summed E-state index contributed by atoms with van der Waals surface area (Å²) >= 11 is 0. The number of likely N-dealkylation sites (tertiary alicyclic amines) is 1. The van der Waals surface area contributed by atoms with E-state index in [-0.39, 0.29) is 6.10 Å². The number of piperidine rings is 1. The van der Waals surface area contributed by atoms with Crippen LogP contribution in [0.5, 0.6) is 0 Å². The van der Waals surface area contributed by atoms with Gasteiger partial charge in [0.2, 0.25) is 0 Å². The van der Waals surface area contributed by atoms with Crippen LogP contribution in [0.1, 0.15) is 40.0 Å². The van der Waals surface area contributed by atoms with Crippen LogP contribution >= 0.6 is 0 Å². The molecule has 1 saturated heterocycles. The van der Waals surface area contributed by atoms with Gasteiger partial charge in [-0.05, 0) is 40.2 Å².